The van der Waals surface area contributed by atoms with Crippen LogP contribution in [0.3, 0.4) is 0 Å². The fourth-order valence-electron chi connectivity index (χ4n) is 4.95. The monoisotopic (exact) mass is 565 g/mol. The van der Waals surface area contributed by atoms with Gasteiger partial charge in [-0.1, -0.05) is 70.0 Å². The third-order valence-electron chi connectivity index (χ3n) is 6.74. The van der Waals surface area contributed by atoms with Gasteiger partial charge in [-0.2, -0.15) is 0 Å². The number of halogens is 1. The molecule has 0 bridgehead atoms. The summed E-state index contributed by atoms with van der Waals surface area (Å²) in [6, 6.07) is 22.5. The molecule has 4 aromatic rings. The van der Waals surface area contributed by atoms with E-state index in [0.717, 1.165) is 44.2 Å². The number of hydrogen-bond donors (Lipinski definition) is 2. The van der Waals surface area contributed by atoms with Crippen molar-refractivity contribution in [2.75, 3.05) is 13.1 Å². The van der Waals surface area contributed by atoms with Crippen LogP contribution in [-0.2, 0) is 21.2 Å². The summed E-state index contributed by atoms with van der Waals surface area (Å²) in [7, 11) is -3.63. The topological polar surface area (TPSA) is 82.3 Å². The van der Waals surface area contributed by atoms with Crippen molar-refractivity contribution in [3.05, 3.63) is 99.7 Å². The van der Waals surface area contributed by atoms with Crippen LogP contribution in [0.15, 0.2) is 82.2 Å². The molecule has 5 rings (SSSR count). The third kappa shape index (κ3) is 4.85. The van der Waals surface area contributed by atoms with Gasteiger partial charge in [-0.25, -0.2) is 13.1 Å². The first-order valence-electron chi connectivity index (χ1n) is 12.0. The van der Waals surface area contributed by atoms with Crippen molar-refractivity contribution in [3.8, 4) is 0 Å². The highest BCUT2D eigenvalue weighted by Gasteiger charge is 2.34. The van der Waals surface area contributed by atoms with Gasteiger partial charge in [0.2, 0.25) is 15.9 Å². The van der Waals surface area contributed by atoms with Crippen molar-refractivity contribution in [2.45, 2.75) is 37.1 Å². The lowest BCUT2D eigenvalue weighted by Gasteiger charge is -2.29. The number of aromatic nitrogens is 1. The minimum atomic E-state index is -3.63. The van der Waals surface area contributed by atoms with E-state index in [-0.39, 0.29) is 23.4 Å². The van der Waals surface area contributed by atoms with Crippen LogP contribution in [0.2, 0.25) is 0 Å². The van der Waals surface area contributed by atoms with Crippen molar-refractivity contribution in [1.29, 1.82) is 0 Å². The molecule has 2 N–H and O–H groups in total. The molecule has 1 amide bonds. The van der Waals surface area contributed by atoms with Gasteiger partial charge in [0.25, 0.3) is 0 Å². The lowest BCUT2D eigenvalue weighted by Crippen LogP contribution is -2.32. The average molecular weight is 567 g/mol. The molecule has 1 fully saturated rings. The fourth-order valence-corrected chi connectivity index (χ4v) is 6.49. The zero-order valence-corrected chi connectivity index (χ0v) is 22.4. The van der Waals surface area contributed by atoms with Crippen molar-refractivity contribution in [3.63, 3.8) is 0 Å². The quantitative estimate of drug-likeness (QED) is 0.297. The lowest BCUT2D eigenvalue weighted by atomic mass is 9.96. The number of para-hydroxylation sites is 1. The van der Waals surface area contributed by atoms with Gasteiger partial charge < -0.3 is 9.88 Å². The largest absolute Gasteiger partial charge is 0.356 e. The number of rotatable bonds is 8. The number of aromatic amines is 1. The van der Waals surface area contributed by atoms with Crippen LogP contribution >= 0.6 is 15.9 Å². The van der Waals surface area contributed by atoms with Crippen LogP contribution in [0, 0.1) is 6.92 Å². The van der Waals surface area contributed by atoms with E-state index in [1.807, 2.05) is 60.4 Å². The van der Waals surface area contributed by atoms with Crippen LogP contribution in [0.4, 0.5) is 0 Å². The first-order valence-corrected chi connectivity index (χ1v) is 14.3. The number of aryl methyl sites for hydroxylation is 1. The SMILES string of the molecule is Cc1ccc(S(=O)(=O)NCCc2c([C@@H](c3ccccc3Br)N3CCCC3=O)[nH]c3ccccc23)cc1. The molecule has 1 saturated heterocycles. The predicted molar refractivity (Wildman–Crippen MR) is 145 cm³/mol. The maximum atomic E-state index is 12.9. The Morgan fingerprint density at radius 2 is 1.75 bits per heavy atom. The van der Waals surface area contributed by atoms with E-state index in [1.165, 1.54) is 0 Å². The summed E-state index contributed by atoms with van der Waals surface area (Å²) < 4.78 is 29.5. The number of carbonyl (C=O) groups is 1. The molecule has 0 unspecified atom stereocenters. The van der Waals surface area contributed by atoms with Crippen molar-refractivity contribution in [2.24, 2.45) is 0 Å². The molecule has 0 spiro atoms. The van der Waals surface area contributed by atoms with Crippen LogP contribution in [-0.4, -0.2) is 37.3 Å². The fraction of sp³-hybridized carbons (Fsp3) is 0.250. The summed E-state index contributed by atoms with van der Waals surface area (Å²) in [6.45, 7) is 2.84. The lowest BCUT2D eigenvalue weighted by molar-refractivity contribution is -0.129. The van der Waals surface area contributed by atoms with Gasteiger partial charge in [-0.3, -0.25) is 4.79 Å². The van der Waals surface area contributed by atoms with Crippen molar-refractivity contribution >= 4 is 42.8 Å². The van der Waals surface area contributed by atoms with E-state index in [1.54, 1.807) is 24.3 Å². The molecule has 36 heavy (non-hydrogen) atoms. The molecule has 1 aliphatic rings. The smallest absolute Gasteiger partial charge is 0.240 e. The molecule has 2 heterocycles. The number of H-pyrrole nitrogens is 1. The maximum Gasteiger partial charge on any atom is 0.240 e. The van der Waals surface area contributed by atoms with Gasteiger partial charge in [0, 0.05) is 40.6 Å². The van der Waals surface area contributed by atoms with Gasteiger partial charge in [0.15, 0.2) is 0 Å². The van der Waals surface area contributed by atoms with Crippen LogP contribution in [0.25, 0.3) is 10.9 Å². The highest BCUT2D eigenvalue weighted by molar-refractivity contribution is 9.10. The minimum absolute atomic E-state index is 0.125. The molecule has 1 aliphatic heterocycles. The Balaban J connectivity index is 1.53. The first-order chi connectivity index (χ1) is 17.3. The number of nitrogens with zero attached hydrogens (tertiary/aromatic N) is 1. The molecule has 0 radical (unpaired) electrons. The second-order valence-corrected chi connectivity index (χ2v) is 11.8. The Kier molecular flexibility index (Phi) is 7.01. The minimum Gasteiger partial charge on any atom is -0.356 e. The van der Waals surface area contributed by atoms with Gasteiger partial charge >= 0.3 is 0 Å². The summed E-state index contributed by atoms with van der Waals surface area (Å²) in [6.07, 6.45) is 1.84. The number of amides is 1. The van der Waals surface area contributed by atoms with Crippen LogP contribution in [0.1, 0.15) is 41.3 Å². The predicted octanol–water partition coefficient (Wildman–Crippen LogP) is 5.47. The average Bonchev–Trinajstić information content (AvgIpc) is 3.45. The summed E-state index contributed by atoms with van der Waals surface area (Å²) >= 11 is 3.70. The number of sulfonamides is 1. The van der Waals surface area contributed by atoms with Gasteiger partial charge in [-0.15, -0.1) is 0 Å². The molecule has 0 aliphatic carbocycles. The second-order valence-electron chi connectivity index (χ2n) is 9.14. The summed E-state index contributed by atoms with van der Waals surface area (Å²) in [5.74, 6) is 0.125. The van der Waals surface area contributed by atoms with Gasteiger partial charge in [-0.05, 0) is 55.2 Å². The van der Waals surface area contributed by atoms with E-state index in [4.69, 9.17) is 0 Å². The molecule has 186 valence electrons. The van der Waals surface area contributed by atoms with Gasteiger partial charge in [0.05, 0.1) is 10.9 Å². The number of carbonyl (C=O) groups excluding carboxylic acids is 1. The number of fused-ring (bicyclic) bond motifs is 1. The molecule has 6 nitrogen and oxygen atoms in total. The highest BCUT2D eigenvalue weighted by atomic mass is 79.9. The van der Waals surface area contributed by atoms with Crippen LogP contribution < -0.4 is 4.72 Å². The zero-order valence-electron chi connectivity index (χ0n) is 20.0. The van der Waals surface area contributed by atoms with Gasteiger partial charge in [0.1, 0.15) is 0 Å². The normalized spacial score (nSPS) is 15.1. The Hall–Kier alpha value is -2.94. The molecule has 0 saturated carbocycles. The standard InChI is InChI=1S/C28H28BrN3O3S/c1-19-12-14-20(15-13-19)36(34,35)30-17-16-22-21-7-3-5-10-25(21)31-27(22)28(32-18-6-11-26(32)33)23-8-2-4-9-24(23)29/h2-5,7-10,12-15,28,30-31H,6,11,16-18H2,1H3/t28-/m1/s1. The summed E-state index contributed by atoms with van der Waals surface area (Å²) in [4.78, 5) is 18.7. The molecule has 1 atom stereocenters. The molecular weight excluding hydrogens is 538 g/mol. The van der Waals surface area contributed by atoms with Crippen molar-refractivity contribution in [1.82, 2.24) is 14.6 Å². The number of likely N-dealkylation sites (tertiary alicyclic amines) is 1. The van der Waals surface area contributed by atoms with E-state index >= 15 is 0 Å². The molecule has 3 aromatic carbocycles. The van der Waals surface area contributed by atoms with Crippen molar-refractivity contribution < 1.29 is 13.2 Å². The second kappa shape index (κ2) is 10.2. The Bertz CT molecular complexity index is 1510. The Labute approximate surface area is 219 Å². The molecular formula is C28H28BrN3O3S. The first kappa shape index (κ1) is 24.7. The van der Waals surface area contributed by atoms with E-state index < -0.39 is 10.0 Å². The Morgan fingerprint density at radius 3 is 2.47 bits per heavy atom. The Morgan fingerprint density at radius 1 is 1.03 bits per heavy atom. The number of hydrogen-bond acceptors (Lipinski definition) is 3. The third-order valence-corrected chi connectivity index (χ3v) is 8.94. The molecule has 1 aromatic heterocycles. The highest BCUT2D eigenvalue weighted by Crippen LogP contribution is 2.39. The van der Waals surface area contributed by atoms with E-state index in [2.05, 4.69) is 25.6 Å². The van der Waals surface area contributed by atoms with Crippen LogP contribution in [0.5, 0.6) is 0 Å². The molecule has 8 heteroatoms. The van der Waals surface area contributed by atoms with E-state index in [0.29, 0.717) is 19.4 Å². The van der Waals surface area contributed by atoms with E-state index in [9.17, 15) is 13.2 Å². The number of benzene rings is 3. The summed E-state index contributed by atoms with van der Waals surface area (Å²) in [5.41, 5.74) is 4.91. The number of nitrogens with one attached hydrogen (secondary N) is 2. The zero-order chi connectivity index (χ0) is 25.3. The maximum absolute atomic E-state index is 12.9. The summed E-state index contributed by atoms with van der Waals surface area (Å²) in [5, 5.41) is 1.03.